The van der Waals surface area contributed by atoms with Crippen LogP contribution in [0.5, 0.6) is 11.6 Å². The Balaban J connectivity index is 2.31. The maximum atomic E-state index is 12.9. The second kappa shape index (κ2) is 4.59. The van der Waals surface area contributed by atoms with Crippen LogP contribution < -0.4 is 10.5 Å². The Hall–Kier alpha value is -1.81. The fourth-order valence-corrected chi connectivity index (χ4v) is 1.59. The van der Waals surface area contributed by atoms with Crippen LogP contribution in [-0.4, -0.2) is 4.98 Å². The molecule has 0 bridgehead atoms. The van der Waals surface area contributed by atoms with E-state index in [1.54, 1.807) is 13.0 Å². The molecule has 0 spiro atoms. The van der Waals surface area contributed by atoms with Gasteiger partial charge in [0.1, 0.15) is 16.7 Å². The molecular formula is C12H10ClFN2O. The lowest BCUT2D eigenvalue weighted by Crippen LogP contribution is -1.93. The molecule has 0 aliphatic rings. The van der Waals surface area contributed by atoms with Crippen LogP contribution in [0, 0.1) is 12.7 Å². The van der Waals surface area contributed by atoms with Crippen LogP contribution in [0.3, 0.4) is 0 Å². The molecule has 0 unspecified atom stereocenters. The lowest BCUT2D eigenvalue weighted by Gasteiger charge is -2.08. The number of halogens is 2. The molecule has 2 aromatic rings. The van der Waals surface area contributed by atoms with Gasteiger partial charge >= 0.3 is 0 Å². The van der Waals surface area contributed by atoms with Gasteiger partial charge in [-0.15, -0.1) is 0 Å². The van der Waals surface area contributed by atoms with Gasteiger partial charge < -0.3 is 10.5 Å². The predicted molar refractivity (Wildman–Crippen MR) is 64.9 cm³/mol. The minimum atomic E-state index is -0.312. The number of rotatable bonds is 2. The normalized spacial score (nSPS) is 10.3. The number of nitrogens with two attached hydrogens (primary N) is 1. The highest BCUT2D eigenvalue weighted by atomic mass is 35.5. The van der Waals surface area contributed by atoms with Gasteiger partial charge in [-0.1, -0.05) is 11.6 Å². The molecule has 1 aromatic carbocycles. The van der Waals surface area contributed by atoms with E-state index in [1.807, 2.05) is 0 Å². The van der Waals surface area contributed by atoms with E-state index in [-0.39, 0.29) is 16.9 Å². The Morgan fingerprint density at radius 2 is 2.06 bits per heavy atom. The summed E-state index contributed by atoms with van der Waals surface area (Å²) in [5.74, 6) is 0.485. The van der Waals surface area contributed by atoms with E-state index >= 15 is 0 Å². The first-order valence-corrected chi connectivity index (χ1v) is 5.29. The summed E-state index contributed by atoms with van der Waals surface area (Å²) in [5, 5.41) is 0.250. The lowest BCUT2D eigenvalue weighted by atomic mass is 10.2. The summed E-state index contributed by atoms with van der Waals surface area (Å²) in [4.78, 5) is 3.96. The Bertz CT molecular complexity index is 540. The Morgan fingerprint density at radius 1 is 1.29 bits per heavy atom. The zero-order valence-electron chi connectivity index (χ0n) is 9.08. The Labute approximate surface area is 103 Å². The molecule has 0 fully saturated rings. The van der Waals surface area contributed by atoms with E-state index in [1.165, 1.54) is 24.3 Å². The third kappa shape index (κ3) is 2.85. The molecule has 2 rings (SSSR count). The molecular weight excluding hydrogens is 243 g/mol. The number of aryl methyl sites for hydroxylation is 1. The molecule has 0 atom stereocenters. The van der Waals surface area contributed by atoms with Crippen molar-refractivity contribution in [2.45, 2.75) is 6.92 Å². The predicted octanol–water partition coefficient (Wildman–Crippen LogP) is 3.56. The summed E-state index contributed by atoms with van der Waals surface area (Å²) in [6, 6.07) is 7.30. The van der Waals surface area contributed by atoms with Gasteiger partial charge in [0, 0.05) is 11.8 Å². The van der Waals surface area contributed by atoms with E-state index in [4.69, 9.17) is 22.1 Å². The number of hydrogen-bond acceptors (Lipinski definition) is 3. The zero-order chi connectivity index (χ0) is 12.4. The van der Waals surface area contributed by atoms with Crippen molar-refractivity contribution < 1.29 is 9.13 Å². The molecule has 1 aromatic heterocycles. The van der Waals surface area contributed by atoms with E-state index in [2.05, 4.69) is 4.98 Å². The summed E-state index contributed by atoms with van der Waals surface area (Å²) in [6.45, 7) is 1.74. The summed E-state index contributed by atoms with van der Waals surface area (Å²) in [5.41, 5.74) is 6.74. The molecule has 17 heavy (non-hydrogen) atoms. The molecule has 3 nitrogen and oxygen atoms in total. The minimum absolute atomic E-state index is 0.250. The van der Waals surface area contributed by atoms with Crippen LogP contribution in [0.2, 0.25) is 5.15 Å². The van der Waals surface area contributed by atoms with E-state index < -0.39 is 0 Å². The van der Waals surface area contributed by atoms with Gasteiger partial charge in [0.25, 0.3) is 0 Å². The molecule has 0 aliphatic heterocycles. The number of nitrogen functional groups attached to an aromatic ring is 1. The number of anilines is 1. The molecule has 5 heteroatoms. The number of hydrogen-bond donors (Lipinski definition) is 1. The molecule has 0 saturated heterocycles. The third-order valence-electron chi connectivity index (χ3n) is 2.14. The van der Waals surface area contributed by atoms with Gasteiger partial charge in [-0.05, 0) is 36.8 Å². The maximum Gasteiger partial charge on any atom is 0.222 e. The summed E-state index contributed by atoms with van der Waals surface area (Å²) < 4.78 is 18.4. The Kier molecular flexibility index (Phi) is 3.15. The Morgan fingerprint density at radius 3 is 2.71 bits per heavy atom. The first-order chi connectivity index (χ1) is 8.04. The molecule has 0 amide bonds. The van der Waals surface area contributed by atoms with Gasteiger partial charge in [0.05, 0.1) is 0 Å². The van der Waals surface area contributed by atoms with E-state index in [0.29, 0.717) is 17.0 Å². The molecule has 1 heterocycles. The zero-order valence-corrected chi connectivity index (χ0v) is 9.83. The van der Waals surface area contributed by atoms with Crippen molar-refractivity contribution in [3.8, 4) is 11.6 Å². The topological polar surface area (TPSA) is 48.1 Å². The quantitative estimate of drug-likeness (QED) is 0.832. The van der Waals surface area contributed by atoms with Crippen LogP contribution >= 0.6 is 11.6 Å². The second-order valence-corrected chi connectivity index (χ2v) is 3.96. The van der Waals surface area contributed by atoms with Crippen molar-refractivity contribution >= 4 is 17.3 Å². The second-order valence-electron chi connectivity index (χ2n) is 3.57. The van der Waals surface area contributed by atoms with E-state index in [0.717, 1.165) is 0 Å². The van der Waals surface area contributed by atoms with Crippen molar-refractivity contribution in [1.82, 2.24) is 4.98 Å². The standard InChI is InChI=1S/C12H10ClFN2O/c1-7-4-8(14)2-3-10(7)17-12-6-9(15)5-11(13)16-12/h2-6H,1H3,(H2,15,16). The van der Waals surface area contributed by atoms with E-state index in [9.17, 15) is 4.39 Å². The van der Waals surface area contributed by atoms with Gasteiger partial charge in [0.15, 0.2) is 0 Å². The number of benzene rings is 1. The van der Waals surface area contributed by atoms with Gasteiger partial charge in [-0.25, -0.2) is 9.37 Å². The van der Waals surface area contributed by atoms with Crippen molar-refractivity contribution in [1.29, 1.82) is 0 Å². The first kappa shape index (κ1) is 11.7. The van der Waals surface area contributed by atoms with Crippen LogP contribution in [0.1, 0.15) is 5.56 Å². The molecule has 0 saturated carbocycles. The van der Waals surface area contributed by atoms with Crippen LogP contribution in [0.4, 0.5) is 10.1 Å². The van der Waals surface area contributed by atoms with Crippen molar-refractivity contribution in [3.05, 3.63) is 46.9 Å². The SMILES string of the molecule is Cc1cc(F)ccc1Oc1cc(N)cc(Cl)n1. The maximum absolute atomic E-state index is 12.9. The average molecular weight is 253 g/mol. The molecule has 0 aliphatic carbocycles. The summed E-state index contributed by atoms with van der Waals surface area (Å²) in [6.07, 6.45) is 0. The summed E-state index contributed by atoms with van der Waals surface area (Å²) >= 11 is 5.75. The average Bonchev–Trinajstić information content (AvgIpc) is 2.21. The lowest BCUT2D eigenvalue weighted by molar-refractivity contribution is 0.458. The fraction of sp³-hybridized carbons (Fsp3) is 0.0833. The first-order valence-electron chi connectivity index (χ1n) is 4.91. The van der Waals surface area contributed by atoms with Crippen LogP contribution in [-0.2, 0) is 0 Å². The highest BCUT2D eigenvalue weighted by Gasteiger charge is 2.05. The number of ether oxygens (including phenoxy) is 1. The van der Waals surface area contributed by atoms with Crippen LogP contribution in [0.25, 0.3) is 0 Å². The summed E-state index contributed by atoms with van der Waals surface area (Å²) in [7, 11) is 0. The fourth-order valence-electron chi connectivity index (χ4n) is 1.38. The smallest absolute Gasteiger partial charge is 0.222 e. The van der Waals surface area contributed by atoms with Gasteiger partial charge in [-0.2, -0.15) is 0 Å². The van der Waals surface area contributed by atoms with Crippen molar-refractivity contribution in [2.24, 2.45) is 0 Å². The third-order valence-corrected chi connectivity index (χ3v) is 2.34. The highest BCUT2D eigenvalue weighted by molar-refractivity contribution is 6.29. The monoisotopic (exact) mass is 252 g/mol. The highest BCUT2D eigenvalue weighted by Crippen LogP contribution is 2.26. The minimum Gasteiger partial charge on any atom is -0.439 e. The number of pyridine rings is 1. The van der Waals surface area contributed by atoms with Gasteiger partial charge in [0.2, 0.25) is 5.88 Å². The molecule has 2 N–H and O–H groups in total. The largest absolute Gasteiger partial charge is 0.439 e. The number of aromatic nitrogens is 1. The molecule has 0 radical (unpaired) electrons. The van der Waals surface area contributed by atoms with Crippen molar-refractivity contribution in [3.63, 3.8) is 0 Å². The number of nitrogens with zero attached hydrogens (tertiary/aromatic N) is 1. The van der Waals surface area contributed by atoms with Crippen molar-refractivity contribution in [2.75, 3.05) is 5.73 Å². The van der Waals surface area contributed by atoms with Gasteiger partial charge in [-0.3, -0.25) is 0 Å². The van der Waals surface area contributed by atoms with Crippen LogP contribution in [0.15, 0.2) is 30.3 Å². The molecule has 88 valence electrons.